The van der Waals surface area contributed by atoms with E-state index in [4.69, 9.17) is 0 Å². The van der Waals surface area contributed by atoms with Gasteiger partial charge in [-0.2, -0.15) is 0 Å². The quantitative estimate of drug-likeness (QED) is 0.546. The molecule has 0 aliphatic carbocycles. The Hall–Kier alpha value is -3.00. The van der Waals surface area contributed by atoms with E-state index in [1.54, 1.807) is 13.0 Å². The van der Waals surface area contributed by atoms with Gasteiger partial charge in [0, 0.05) is 37.2 Å². The van der Waals surface area contributed by atoms with Gasteiger partial charge in [-0.25, -0.2) is 9.37 Å². The molecule has 0 aliphatic heterocycles. The number of aromatic nitrogens is 3. The molecule has 4 aromatic rings. The van der Waals surface area contributed by atoms with Crippen molar-refractivity contribution in [3.05, 3.63) is 62.9 Å². The number of amides is 1. The van der Waals surface area contributed by atoms with Crippen molar-refractivity contribution in [3.8, 4) is 0 Å². The summed E-state index contributed by atoms with van der Waals surface area (Å²) >= 11 is 1.23. The number of aryl methyl sites for hydroxylation is 3. The second-order valence-electron chi connectivity index (χ2n) is 7.00. The Morgan fingerprint density at radius 1 is 1.34 bits per heavy atom. The summed E-state index contributed by atoms with van der Waals surface area (Å²) < 4.78 is 17.1. The van der Waals surface area contributed by atoms with Crippen molar-refractivity contribution in [2.45, 2.75) is 26.8 Å². The summed E-state index contributed by atoms with van der Waals surface area (Å²) in [7, 11) is 1.92. The van der Waals surface area contributed by atoms with E-state index in [-0.39, 0.29) is 17.3 Å². The van der Waals surface area contributed by atoms with Crippen LogP contribution in [0.2, 0.25) is 0 Å². The molecule has 0 bridgehead atoms. The van der Waals surface area contributed by atoms with Crippen LogP contribution in [-0.2, 0) is 20.0 Å². The van der Waals surface area contributed by atoms with Gasteiger partial charge in [0.15, 0.2) is 0 Å². The van der Waals surface area contributed by atoms with Crippen LogP contribution in [0.5, 0.6) is 0 Å². The fourth-order valence-electron chi connectivity index (χ4n) is 3.64. The molecular formula is C21H21FN4O2S. The first kappa shape index (κ1) is 19.3. The number of carbonyl (C=O) groups excluding carboxylic acids is 1. The number of hydrogen-bond acceptors (Lipinski definition) is 4. The van der Waals surface area contributed by atoms with Gasteiger partial charge in [-0.1, -0.05) is 0 Å². The minimum Gasteiger partial charge on any atom is -0.351 e. The number of carbonyl (C=O) groups is 1. The van der Waals surface area contributed by atoms with Crippen LogP contribution in [0.3, 0.4) is 0 Å². The third-order valence-corrected chi connectivity index (χ3v) is 6.38. The molecule has 0 unspecified atom stereocenters. The first-order valence-electron chi connectivity index (χ1n) is 9.41. The molecule has 0 radical (unpaired) electrons. The Kier molecular flexibility index (Phi) is 4.96. The van der Waals surface area contributed by atoms with Crippen LogP contribution in [0.25, 0.3) is 21.1 Å². The summed E-state index contributed by atoms with van der Waals surface area (Å²) in [5.41, 5.74) is 2.47. The maximum Gasteiger partial charge on any atom is 0.262 e. The lowest BCUT2D eigenvalue weighted by atomic mass is 10.1. The largest absolute Gasteiger partial charge is 0.351 e. The third-order valence-electron chi connectivity index (χ3n) is 5.18. The van der Waals surface area contributed by atoms with Gasteiger partial charge in [0.25, 0.3) is 11.5 Å². The number of thiophene rings is 1. The topological polar surface area (TPSA) is 68.9 Å². The molecule has 150 valence electrons. The highest BCUT2D eigenvalue weighted by molar-refractivity contribution is 7.20. The van der Waals surface area contributed by atoms with E-state index < -0.39 is 0 Å². The van der Waals surface area contributed by atoms with Crippen LogP contribution in [0.1, 0.15) is 27.7 Å². The van der Waals surface area contributed by atoms with Crippen LogP contribution in [0.15, 0.2) is 35.5 Å². The van der Waals surface area contributed by atoms with Crippen molar-refractivity contribution in [1.29, 1.82) is 0 Å². The molecule has 0 fully saturated rings. The molecule has 6 nitrogen and oxygen atoms in total. The Morgan fingerprint density at radius 2 is 2.14 bits per heavy atom. The molecular weight excluding hydrogens is 391 g/mol. The van der Waals surface area contributed by atoms with E-state index >= 15 is 0 Å². The van der Waals surface area contributed by atoms with Gasteiger partial charge in [-0.3, -0.25) is 14.2 Å². The minimum absolute atomic E-state index is 0.122. The number of halogens is 1. The van der Waals surface area contributed by atoms with Crippen molar-refractivity contribution in [2.75, 3.05) is 6.54 Å². The fourth-order valence-corrected chi connectivity index (χ4v) is 4.69. The van der Waals surface area contributed by atoms with Crippen molar-refractivity contribution >= 4 is 38.4 Å². The first-order valence-corrected chi connectivity index (χ1v) is 10.2. The molecule has 0 saturated carbocycles. The molecule has 0 aliphatic rings. The van der Waals surface area contributed by atoms with Crippen LogP contribution >= 0.6 is 11.3 Å². The average molecular weight is 412 g/mol. The smallest absolute Gasteiger partial charge is 0.262 e. The maximum atomic E-state index is 13.6. The maximum absolute atomic E-state index is 13.6. The molecule has 1 N–H and O–H groups in total. The predicted molar refractivity (Wildman–Crippen MR) is 113 cm³/mol. The Bertz CT molecular complexity index is 1300. The molecule has 29 heavy (non-hydrogen) atoms. The highest BCUT2D eigenvalue weighted by atomic mass is 32.1. The van der Waals surface area contributed by atoms with Gasteiger partial charge in [0.2, 0.25) is 0 Å². The van der Waals surface area contributed by atoms with Crippen molar-refractivity contribution in [1.82, 2.24) is 19.4 Å². The molecule has 8 heteroatoms. The normalized spacial score (nSPS) is 11.4. The zero-order chi connectivity index (χ0) is 20.7. The van der Waals surface area contributed by atoms with Crippen molar-refractivity contribution < 1.29 is 9.18 Å². The van der Waals surface area contributed by atoms with Crippen molar-refractivity contribution in [3.63, 3.8) is 0 Å². The lowest BCUT2D eigenvalue weighted by Crippen LogP contribution is -2.25. The van der Waals surface area contributed by atoms with Crippen LogP contribution in [0.4, 0.5) is 4.39 Å². The number of nitrogens with zero attached hydrogens (tertiary/aromatic N) is 3. The lowest BCUT2D eigenvalue weighted by molar-refractivity contribution is 0.0957. The van der Waals surface area contributed by atoms with Gasteiger partial charge in [-0.15, -0.1) is 11.3 Å². The number of rotatable bonds is 5. The van der Waals surface area contributed by atoms with Crippen LogP contribution < -0.4 is 10.9 Å². The van der Waals surface area contributed by atoms with E-state index in [1.165, 1.54) is 34.4 Å². The second kappa shape index (κ2) is 7.44. The van der Waals surface area contributed by atoms with Crippen LogP contribution in [0, 0.1) is 12.7 Å². The molecule has 0 atom stereocenters. The van der Waals surface area contributed by atoms with Gasteiger partial charge in [0.1, 0.15) is 10.6 Å². The predicted octanol–water partition coefficient (Wildman–Crippen LogP) is 3.39. The third kappa shape index (κ3) is 3.33. The molecule has 0 saturated heterocycles. The van der Waals surface area contributed by atoms with Gasteiger partial charge >= 0.3 is 0 Å². The number of hydrogen-bond donors (Lipinski definition) is 1. The Balaban J connectivity index is 1.54. The van der Waals surface area contributed by atoms with E-state index in [0.717, 1.165) is 16.5 Å². The summed E-state index contributed by atoms with van der Waals surface area (Å²) in [5, 5.41) is 4.28. The highest BCUT2D eigenvalue weighted by Crippen LogP contribution is 2.27. The zero-order valence-electron chi connectivity index (χ0n) is 16.5. The standard InChI is InChI=1S/C21H21FN4O2S/c1-4-26-11-24-20-17(21(26)28)12(2)18(29-20)19(27)23-8-7-13-10-25(3)16-6-5-14(22)9-15(13)16/h5-6,9-11H,4,7-8H2,1-3H3,(H,23,27). The summed E-state index contributed by atoms with van der Waals surface area (Å²) in [6.07, 6.45) is 4.05. The monoisotopic (exact) mass is 412 g/mol. The number of fused-ring (bicyclic) bond motifs is 2. The molecule has 1 aromatic carbocycles. The number of benzene rings is 1. The highest BCUT2D eigenvalue weighted by Gasteiger charge is 2.19. The molecule has 1 amide bonds. The summed E-state index contributed by atoms with van der Waals surface area (Å²) in [4.78, 5) is 30.6. The lowest BCUT2D eigenvalue weighted by Gasteiger charge is -2.04. The zero-order valence-corrected chi connectivity index (χ0v) is 17.3. The molecule has 3 aromatic heterocycles. The number of nitrogens with one attached hydrogen (secondary N) is 1. The Morgan fingerprint density at radius 3 is 2.90 bits per heavy atom. The SMILES string of the molecule is CCn1cnc2sc(C(=O)NCCc3cn(C)c4ccc(F)cc34)c(C)c2c1=O. The van der Waals surface area contributed by atoms with Gasteiger partial charge in [0.05, 0.1) is 16.6 Å². The van der Waals surface area contributed by atoms with Gasteiger partial charge in [-0.05, 0) is 49.6 Å². The van der Waals surface area contributed by atoms with Crippen molar-refractivity contribution in [2.24, 2.45) is 7.05 Å². The summed E-state index contributed by atoms with van der Waals surface area (Å²) in [6, 6.07) is 4.72. The summed E-state index contributed by atoms with van der Waals surface area (Å²) in [5.74, 6) is -0.500. The Labute approximate surface area is 170 Å². The van der Waals surface area contributed by atoms with E-state index in [1.807, 2.05) is 24.7 Å². The van der Waals surface area contributed by atoms with E-state index in [2.05, 4.69) is 10.3 Å². The van der Waals surface area contributed by atoms with E-state index in [9.17, 15) is 14.0 Å². The fraction of sp³-hybridized carbons (Fsp3) is 0.286. The average Bonchev–Trinajstić information content (AvgIpc) is 3.19. The second-order valence-corrected chi connectivity index (χ2v) is 8.00. The van der Waals surface area contributed by atoms with Crippen LogP contribution in [-0.4, -0.2) is 26.6 Å². The molecule has 4 rings (SSSR count). The molecule has 0 spiro atoms. The van der Waals surface area contributed by atoms with E-state index in [0.29, 0.717) is 40.2 Å². The van der Waals surface area contributed by atoms with Gasteiger partial charge < -0.3 is 9.88 Å². The summed E-state index contributed by atoms with van der Waals surface area (Å²) in [6.45, 7) is 4.60. The molecule has 3 heterocycles. The minimum atomic E-state index is -0.278. The first-order chi connectivity index (χ1) is 13.9.